The zero-order chi connectivity index (χ0) is 14.8. The quantitative estimate of drug-likeness (QED) is 0.753. The van der Waals surface area contributed by atoms with E-state index in [2.05, 4.69) is 30.4 Å². The number of aryl methyl sites for hydroxylation is 1. The van der Waals surface area contributed by atoms with Gasteiger partial charge in [0.2, 0.25) is 11.9 Å². The van der Waals surface area contributed by atoms with Crippen LogP contribution in [0.2, 0.25) is 0 Å². The fourth-order valence-corrected chi connectivity index (χ4v) is 2.57. The Bertz CT molecular complexity index is 736. The second-order valence-corrected chi connectivity index (χ2v) is 5.35. The van der Waals surface area contributed by atoms with Gasteiger partial charge in [-0.25, -0.2) is 9.67 Å². The molecule has 0 radical (unpaired) electrons. The monoisotopic (exact) mass is 302 g/mol. The summed E-state index contributed by atoms with van der Waals surface area (Å²) in [5.74, 6) is 0.909. The first kappa shape index (κ1) is 13.4. The Hall–Kier alpha value is -2.55. The lowest BCUT2D eigenvalue weighted by molar-refractivity contribution is 0.784. The Morgan fingerprint density at radius 1 is 1.29 bits per heavy atom. The number of nitrogens with zero attached hydrogens (tertiary/aromatic N) is 6. The molecule has 0 amide bonds. The summed E-state index contributed by atoms with van der Waals surface area (Å²) >= 11 is 1.59. The normalized spacial score (nSPS) is 12.3. The molecule has 3 heterocycles. The molecule has 108 valence electrons. The van der Waals surface area contributed by atoms with Crippen molar-refractivity contribution in [1.82, 2.24) is 29.7 Å². The highest BCUT2D eigenvalue weighted by atomic mass is 32.1. The van der Waals surface area contributed by atoms with Crippen molar-refractivity contribution in [3.05, 3.63) is 34.5 Å². The molecule has 0 aromatic carbocycles. The van der Waals surface area contributed by atoms with Gasteiger partial charge in [0, 0.05) is 23.5 Å². The number of rotatable bonds is 4. The maximum Gasteiger partial charge on any atom is 0.257 e. The van der Waals surface area contributed by atoms with E-state index in [-0.39, 0.29) is 12.0 Å². The summed E-state index contributed by atoms with van der Waals surface area (Å²) in [5.41, 5.74) is 6.72. The van der Waals surface area contributed by atoms with Gasteiger partial charge in [0.1, 0.15) is 5.01 Å². The number of thiazole rings is 1. The molecule has 1 atom stereocenters. The largest absolute Gasteiger partial charge is 0.368 e. The fraction of sp³-hybridized carbons (Fsp3) is 0.250. The molecule has 9 heteroatoms. The molecule has 0 saturated heterocycles. The first-order valence-electron chi connectivity index (χ1n) is 6.32. The lowest BCUT2D eigenvalue weighted by Crippen LogP contribution is -2.14. The molecular formula is C12H14N8S. The van der Waals surface area contributed by atoms with Crippen LogP contribution in [0.25, 0.3) is 5.95 Å². The van der Waals surface area contributed by atoms with Gasteiger partial charge in [-0.3, -0.25) is 0 Å². The third-order valence-electron chi connectivity index (χ3n) is 2.70. The molecule has 0 bridgehead atoms. The van der Waals surface area contributed by atoms with Crippen LogP contribution >= 0.6 is 11.3 Å². The van der Waals surface area contributed by atoms with Gasteiger partial charge >= 0.3 is 0 Å². The van der Waals surface area contributed by atoms with Crippen molar-refractivity contribution in [2.45, 2.75) is 19.9 Å². The lowest BCUT2D eigenvalue weighted by atomic mass is 10.3. The number of hydrogen-bond donors (Lipinski definition) is 2. The van der Waals surface area contributed by atoms with Crippen LogP contribution in [-0.2, 0) is 0 Å². The molecule has 0 aliphatic carbocycles. The van der Waals surface area contributed by atoms with E-state index in [4.69, 9.17) is 5.73 Å². The van der Waals surface area contributed by atoms with Gasteiger partial charge in [-0.1, -0.05) is 0 Å². The number of anilines is 2. The smallest absolute Gasteiger partial charge is 0.257 e. The molecule has 0 saturated carbocycles. The van der Waals surface area contributed by atoms with Gasteiger partial charge in [0.15, 0.2) is 0 Å². The predicted octanol–water partition coefficient (Wildman–Crippen LogP) is 1.58. The van der Waals surface area contributed by atoms with Gasteiger partial charge < -0.3 is 11.1 Å². The summed E-state index contributed by atoms with van der Waals surface area (Å²) in [6, 6.07) is 1.77. The summed E-state index contributed by atoms with van der Waals surface area (Å²) in [6.45, 7) is 3.95. The van der Waals surface area contributed by atoms with E-state index >= 15 is 0 Å². The van der Waals surface area contributed by atoms with Gasteiger partial charge in [0.05, 0.1) is 6.04 Å². The second-order valence-electron chi connectivity index (χ2n) is 4.46. The van der Waals surface area contributed by atoms with E-state index in [1.54, 1.807) is 29.8 Å². The van der Waals surface area contributed by atoms with E-state index in [0.717, 1.165) is 10.7 Å². The average Bonchev–Trinajstić information content (AvgIpc) is 3.08. The Morgan fingerprint density at radius 2 is 2.14 bits per heavy atom. The molecule has 3 rings (SSSR count). The highest BCUT2D eigenvalue weighted by Crippen LogP contribution is 2.21. The highest BCUT2D eigenvalue weighted by molar-refractivity contribution is 7.09. The Labute approximate surface area is 125 Å². The number of hydrogen-bond acceptors (Lipinski definition) is 8. The van der Waals surface area contributed by atoms with Gasteiger partial charge in [-0.15, -0.1) is 11.3 Å². The summed E-state index contributed by atoms with van der Waals surface area (Å²) in [6.07, 6.45) is 3.39. The molecule has 0 aliphatic rings. The van der Waals surface area contributed by atoms with Gasteiger partial charge in [0.25, 0.3) is 5.95 Å². The van der Waals surface area contributed by atoms with Crippen molar-refractivity contribution in [3.63, 3.8) is 0 Å². The van der Waals surface area contributed by atoms with Gasteiger partial charge in [-0.05, 0) is 19.9 Å². The molecular weight excluding hydrogens is 288 g/mol. The van der Waals surface area contributed by atoms with Crippen LogP contribution in [0.5, 0.6) is 0 Å². The number of nitrogens with two attached hydrogens (primary N) is 1. The van der Waals surface area contributed by atoms with E-state index in [1.807, 2.05) is 19.2 Å². The molecule has 1 unspecified atom stereocenters. The van der Waals surface area contributed by atoms with Crippen molar-refractivity contribution < 1.29 is 0 Å². The molecule has 21 heavy (non-hydrogen) atoms. The third-order valence-corrected chi connectivity index (χ3v) is 3.85. The summed E-state index contributed by atoms with van der Waals surface area (Å²) in [4.78, 5) is 16.9. The van der Waals surface area contributed by atoms with Crippen LogP contribution < -0.4 is 11.1 Å². The summed E-state index contributed by atoms with van der Waals surface area (Å²) < 4.78 is 1.53. The maximum absolute atomic E-state index is 5.73. The molecule has 3 aromatic rings. The zero-order valence-corrected chi connectivity index (χ0v) is 12.4. The van der Waals surface area contributed by atoms with E-state index in [1.165, 1.54) is 4.68 Å². The summed E-state index contributed by atoms with van der Waals surface area (Å²) in [5, 5.41) is 10.2. The number of nitrogens with one attached hydrogen (secondary N) is 1. The minimum atomic E-state index is -0.0176. The Morgan fingerprint density at radius 3 is 2.81 bits per heavy atom. The van der Waals surface area contributed by atoms with Crippen molar-refractivity contribution in [2.24, 2.45) is 0 Å². The first-order valence-corrected chi connectivity index (χ1v) is 7.20. The van der Waals surface area contributed by atoms with Crippen LogP contribution in [0.15, 0.2) is 23.8 Å². The molecule has 8 nitrogen and oxygen atoms in total. The summed E-state index contributed by atoms with van der Waals surface area (Å²) in [7, 11) is 0. The molecule has 3 N–H and O–H groups in total. The van der Waals surface area contributed by atoms with Crippen molar-refractivity contribution in [1.29, 1.82) is 0 Å². The van der Waals surface area contributed by atoms with Gasteiger partial charge in [-0.2, -0.15) is 20.1 Å². The molecule has 0 spiro atoms. The van der Waals surface area contributed by atoms with E-state index < -0.39 is 0 Å². The van der Waals surface area contributed by atoms with Crippen molar-refractivity contribution >= 4 is 23.2 Å². The predicted molar refractivity (Wildman–Crippen MR) is 80.3 cm³/mol. The van der Waals surface area contributed by atoms with Crippen LogP contribution in [0.3, 0.4) is 0 Å². The number of aromatic nitrogens is 6. The topological polar surface area (TPSA) is 107 Å². The SMILES string of the molecule is Cc1csc(C(C)Nc2nc(N)nc(-n3cccn3)n2)n1. The second kappa shape index (κ2) is 5.44. The van der Waals surface area contributed by atoms with Crippen LogP contribution in [-0.4, -0.2) is 29.7 Å². The average molecular weight is 302 g/mol. The van der Waals surface area contributed by atoms with Crippen molar-refractivity contribution in [2.75, 3.05) is 11.1 Å². The molecule has 3 aromatic heterocycles. The lowest BCUT2D eigenvalue weighted by Gasteiger charge is -2.12. The Balaban J connectivity index is 1.85. The standard InChI is InChI=1S/C12H14N8S/c1-7-6-21-9(15-7)8(2)16-11-17-10(13)18-12(19-11)20-5-3-4-14-20/h3-6,8H,1-2H3,(H3,13,16,17,18,19). The zero-order valence-electron chi connectivity index (χ0n) is 11.6. The Kier molecular flexibility index (Phi) is 3.48. The van der Waals surface area contributed by atoms with Crippen LogP contribution in [0, 0.1) is 6.92 Å². The van der Waals surface area contributed by atoms with Crippen LogP contribution in [0.4, 0.5) is 11.9 Å². The highest BCUT2D eigenvalue weighted by Gasteiger charge is 2.13. The fourth-order valence-electron chi connectivity index (χ4n) is 1.76. The molecule has 0 fully saturated rings. The van der Waals surface area contributed by atoms with E-state index in [0.29, 0.717) is 11.9 Å². The third kappa shape index (κ3) is 2.97. The van der Waals surface area contributed by atoms with Crippen molar-refractivity contribution in [3.8, 4) is 5.95 Å². The molecule has 0 aliphatic heterocycles. The minimum absolute atomic E-state index is 0.0176. The first-order chi connectivity index (χ1) is 10.1. The number of nitrogen functional groups attached to an aromatic ring is 1. The van der Waals surface area contributed by atoms with Crippen LogP contribution in [0.1, 0.15) is 23.7 Å². The minimum Gasteiger partial charge on any atom is -0.368 e. The maximum atomic E-state index is 5.73. The van der Waals surface area contributed by atoms with E-state index in [9.17, 15) is 0 Å².